The van der Waals surface area contributed by atoms with Crippen molar-refractivity contribution in [2.75, 3.05) is 26.7 Å². The van der Waals surface area contributed by atoms with Gasteiger partial charge in [-0.1, -0.05) is 0 Å². The van der Waals surface area contributed by atoms with Crippen molar-refractivity contribution in [3.8, 4) is 0 Å². The van der Waals surface area contributed by atoms with Gasteiger partial charge in [-0.05, 0) is 26.7 Å². The van der Waals surface area contributed by atoms with Gasteiger partial charge < -0.3 is 14.9 Å². The lowest BCUT2D eigenvalue weighted by molar-refractivity contribution is -0.141. The number of piperidine rings is 1. The summed E-state index contributed by atoms with van der Waals surface area (Å²) >= 11 is 0. The quantitative estimate of drug-likeness (QED) is 0.798. The molecule has 0 saturated carbocycles. The van der Waals surface area contributed by atoms with Crippen LogP contribution >= 0.6 is 0 Å². The molecule has 1 N–H and O–H groups in total. The van der Waals surface area contributed by atoms with Gasteiger partial charge in [0.05, 0.1) is 11.5 Å². The maximum atomic E-state index is 12.2. The highest BCUT2D eigenvalue weighted by atomic mass is 16.3. The first-order chi connectivity index (χ1) is 8.20. The molecule has 0 aromatic rings. The number of carbonyl (C=O) groups excluding carboxylic acids is 2. The molecule has 1 saturated heterocycles. The zero-order chi connectivity index (χ0) is 13.9. The molecule has 5 heteroatoms. The van der Waals surface area contributed by atoms with Crippen LogP contribution in [0.2, 0.25) is 0 Å². The van der Waals surface area contributed by atoms with Gasteiger partial charge in [0.2, 0.25) is 11.8 Å². The smallest absolute Gasteiger partial charge is 0.227 e. The molecule has 0 bridgehead atoms. The van der Waals surface area contributed by atoms with E-state index in [1.165, 1.54) is 6.92 Å². The first-order valence-corrected chi connectivity index (χ1v) is 6.43. The van der Waals surface area contributed by atoms with Gasteiger partial charge >= 0.3 is 0 Å². The van der Waals surface area contributed by atoms with E-state index in [0.29, 0.717) is 13.1 Å². The largest absolute Gasteiger partial charge is 0.389 e. The molecule has 0 aromatic heterocycles. The molecule has 0 spiro atoms. The second-order valence-corrected chi connectivity index (χ2v) is 5.81. The van der Waals surface area contributed by atoms with Crippen molar-refractivity contribution in [1.82, 2.24) is 9.80 Å². The Bertz CT molecular complexity index is 323. The number of carbonyl (C=O) groups is 2. The van der Waals surface area contributed by atoms with Crippen LogP contribution in [0.3, 0.4) is 0 Å². The minimum absolute atomic E-state index is 0.0167. The molecular weight excluding hydrogens is 232 g/mol. The van der Waals surface area contributed by atoms with Gasteiger partial charge in [-0.3, -0.25) is 9.59 Å². The molecular formula is C13H24N2O3. The summed E-state index contributed by atoms with van der Waals surface area (Å²) in [5.41, 5.74) is -0.890. The zero-order valence-corrected chi connectivity index (χ0v) is 11.8. The number of likely N-dealkylation sites (tertiary alicyclic amines) is 1. The maximum Gasteiger partial charge on any atom is 0.227 e. The van der Waals surface area contributed by atoms with Crippen LogP contribution in [0, 0.1) is 5.92 Å². The van der Waals surface area contributed by atoms with E-state index in [9.17, 15) is 14.7 Å². The Morgan fingerprint density at radius 1 is 1.44 bits per heavy atom. The summed E-state index contributed by atoms with van der Waals surface area (Å²) in [6, 6.07) is 0. The molecule has 0 radical (unpaired) electrons. The lowest BCUT2D eigenvalue weighted by atomic mass is 9.96. The summed E-state index contributed by atoms with van der Waals surface area (Å²) in [7, 11) is 1.70. The number of rotatable bonds is 3. The monoisotopic (exact) mass is 256 g/mol. The summed E-state index contributed by atoms with van der Waals surface area (Å²) in [5, 5.41) is 9.72. The van der Waals surface area contributed by atoms with Gasteiger partial charge in [0.15, 0.2) is 0 Å². The van der Waals surface area contributed by atoms with Gasteiger partial charge in [0.1, 0.15) is 0 Å². The zero-order valence-electron chi connectivity index (χ0n) is 11.8. The van der Waals surface area contributed by atoms with Crippen LogP contribution in [0.25, 0.3) is 0 Å². The lowest BCUT2D eigenvalue weighted by Gasteiger charge is -2.34. The van der Waals surface area contributed by atoms with Crippen molar-refractivity contribution in [3.05, 3.63) is 0 Å². The molecule has 5 nitrogen and oxygen atoms in total. The van der Waals surface area contributed by atoms with Gasteiger partial charge in [-0.25, -0.2) is 0 Å². The van der Waals surface area contributed by atoms with Crippen molar-refractivity contribution < 1.29 is 14.7 Å². The van der Waals surface area contributed by atoms with Crippen molar-refractivity contribution >= 4 is 11.8 Å². The number of aliphatic hydroxyl groups is 1. The Morgan fingerprint density at radius 2 is 2.06 bits per heavy atom. The van der Waals surface area contributed by atoms with E-state index in [0.717, 1.165) is 19.4 Å². The predicted molar refractivity (Wildman–Crippen MR) is 68.9 cm³/mol. The average Bonchev–Trinajstić information content (AvgIpc) is 2.26. The summed E-state index contributed by atoms with van der Waals surface area (Å²) in [4.78, 5) is 26.8. The normalized spacial score (nSPS) is 20.7. The van der Waals surface area contributed by atoms with Crippen LogP contribution in [0.4, 0.5) is 0 Å². The molecule has 104 valence electrons. The van der Waals surface area contributed by atoms with Crippen molar-refractivity contribution in [1.29, 1.82) is 0 Å². The summed E-state index contributed by atoms with van der Waals surface area (Å²) in [6.07, 6.45) is 1.69. The maximum absolute atomic E-state index is 12.2. The number of amides is 2. The van der Waals surface area contributed by atoms with E-state index >= 15 is 0 Å². The topological polar surface area (TPSA) is 60.9 Å². The molecule has 0 aliphatic carbocycles. The molecule has 1 aliphatic heterocycles. The van der Waals surface area contributed by atoms with Crippen LogP contribution in [-0.4, -0.2) is 59.0 Å². The first-order valence-electron chi connectivity index (χ1n) is 6.43. The van der Waals surface area contributed by atoms with E-state index in [1.807, 2.05) is 0 Å². The van der Waals surface area contributed by atoms with Gasteiger partial charge in [0, 0.05) is 33.6 Å². The lowest BCUT2D eigenvalue weighted by Crippen LogP contribution is -2.48. The summed E-state index contributed by atoms with van der Waals surface area (Å²) in [5.74, 6) is -0.0873. The SMILES string of the molecule is CC(=O)N1CCCC(C(=O)N(C)CC(C)(C)O)C1. The Kier molecular flexibility index (Phi) is 4.73. The molecule has 18 heavy (non-hydrogen) atoms. The van der Waals surface area contributed by atoms with Gasteiger partial charge in [-0.15, -0.1) is 0 Å². The third-order valence-electron chi connectivity index (χ3n) is 3.22. The van der Waals surface area contributed by atoms with E-state index < -0.39 is 5.60 Å². The van der Waals surface area contributed by atoms with E-state index in [1.54, 1.807) is 30.7 Å². The number of hydrogen-bond acceptors (Lipinski definition) is 3. The second-order valence-electron chi connectivity index (χ2n) is 5.81. The molecule has 1 heterocycles. The Morgan fingerprint density at radius 3 is 2.56 bits per heavy atom. The fourth-order valence-corrected chi connectivity index (χ4v) is 2.43. The van der Waals surface area contributed by atoms with Crippen LogP contribution in [0.5, 0.6) is 0 Å². The Hall–Kier alpha value is -1.10. The van der Waals surface area contributed by atoms with E-state index in [4.69, 9.17) is 0 Å². The van der Waals surface area contributed by atoms with Crippen LogP contribution in [0.1, 0.15) is 33.6 Å². The van der Waals surface area contributed by atoms with E-state index in [2.05, 4.69) is 0 Å². The van der Waals surface area contributed by atoms with Crippen molar-refractivity contribution in [2.45, 2.75) is 39.2 Å². The number of nitrogens with zero attached hydrogens (tertiary/aromatic N) is 2. The minimum Gasteiger partial charge on any atom is -0.389 e. The van der Waals surface area contributed by atoms with Crippen molar-refractivity contribution in [3.63, 3.8) is 0 Å². The molecule has 1 unspecified atom stereocenters. The number of likely N-dealkylation sites (N-methyl/N-ethyl adjacent to an activating group) is 1. The molecule has 1 atom stereocenters. The Labute approximate surface area is 109 Å². The predicted octanol–water partition coefficient (Wildman–Crippen LogP) is 0.474. The fraction of sp³-hybridized carbons (Fsp3) is 0.846. The molecule has 1 aliphatic rings. The van der Waals surface area contributed by atoms with Crippen LogP contribution in [-0.2, 0) is 9.59 Å². The van der Waals surface area contributed by atoms with Crippen LogP contribution in [0.15, 0.2) is 0 Å². The standard InChI is InChI=1S/C13H24N2O3/c1-10(16)15-7-5-6-11(8-15)12(17)14(4)9-13(2,3)18/h11,18H,5-9H2,1-4H3. The second kappa shape index (κ2) is 5.69. The van der Waals surface area contributed by atoms with Gasteiger partial charge in [-0.2, -0.15) is 0 Å². The highest BCUT2D eigenvalue weighted by Crippen LogP contribution is 2.19. The van der Waals surface area contributed by atoms with Crippen molar-refractivity contribution in [2.24, 2.45) is 5.92 Å². The minimum atomic E-state index is -0.890. The molecule has 2 amide bonds. The Balaban J connectivity index is 2.58. The third-order valence-corrected chi connectivity index (χ3v) is 3.22. The number of hydrogen-bond donors (Lipinski definition) is 1. The highest BCUT2D eigenvalue weighted by Gasteiger charge is 2.30. The van der Waals surface area contributed by atoms with Crippen LogP contribution < -0.4 is 0 Å². The summed E-state index contributed by atoms with van der Waals surface area (Å²) < 4.78 is 0. The summed E-state index contributed by atoms with van der Waals surface area (Å²) in [6.45, 7) is 6.45. The first kappa shape index (κ1) is 15.0. The molecule has 0 aromatic carbocycles. The van der Waals surface area contributed by atoms with Gasteiger partial charge in [0.25, 0.3) is 0 Å². The fourth-order valence-electron chi connectivity index (χ4n) is 2.43. The van der Waals surface area contributed by atoms with E-state index in [-0.39, 0.29) is 17.7 Å². The highest BCUT2D eigenvalue weighted by molar-refractivity contribution is 5.80. The average molecular weight is 256 g/mol. The molecule has 1 rings (SSSR count). The third kappa shape index (κ3) is 4.29. The molecule has 1 fully saturated rings.